The minimum Gasteiger partial charge on any atom is -0.490 e. The van der Waals surface area contributed by atoms with Gasteiger partial charge < -0.3 is 20.1 Å². The highest BCUT2D eigenvalue weighted by atomic mass is 16.5. The highest BCUT2D eigenvalue weighted by Crippen LogP contribution is 2.34. The molecule has 0 fully saturated rings. The molecule has 0 saturated heterocycles. The molecule has 3 rings (SSSR count). The molecule has 0 bridgehead atoms. The van der Waals surface area contributed by atoms with Crippen molar-refractivity contribution in [3.8, 4) is 11.5 Å². The molecule has 0 saturated carbocycles. The molecule has 2 N–H and O–H groups in total. The summed E-state index contributed by atoms with van der Waals surface area (Å²) in [4.78, 5) is 15.0. The number of rotatable bonds is 7. The van der Waals surface area contributed by atoms with Gasteiger partial charge in [-0.3, -0.25) is 4.79 Å². The van der Waals surface area contributed by atoms with Crippen LogP contribution < -0.4 is 15.2 Å². The van der Waals surface area contributed by atoms with Crippen molar-refractivity contribution < 1.29 is 14.3 Å². The molecule has 150 valence electrons. The highest BCUT2D eigenvalue weighted by molar-refractivity contribution is 5.80. The number of carbonyl (C=O) groups excluding carboxylic acids is 1. The van der Waals surface area contributed by atoms with Crippen LogP contribution in [0.1, 0.15) is 43.5 Å². The summed E-state index contributed by atoms with van der Waals surface area (Å²) >= 11 is 0. The van der Waals surface area contributed by atoms with E-state index in [1.54, 1.807) is 0 Å². The molecule has 5 nitrogen and oxygen atoms in total. The quantitative estimate of drug-likeness (QED) is 0.793. The first-order valence-electron chi connectivity index (χ1n) is 10.1. The van der Waals surface area contributed by atoms with Gasteiger partial charge in [-0.2, -0.15) is 0 Å². The Hall–Kier alpha value is -2.53. The molecule has 28 heavy (non-hydrogen) atoms. The first kappa shape index (κ1) is 20.2. The van der Waals surface area contributed by atoms with Gasteiger partial charge in [0.15, 0.2) is 11.5 Å². The summed E-state index contributed by atoms with van der Waals surface area (Å²) in [5.74, 6) is 1.33. The number of ether oxygens (including phenoxy) is 2. The van der Waals surface area contributed by atoms with E-state index in [9.17, 15) is 4.79 Å². The Morgan fingerprint density at radius 1 is 1.07 bits per heavy atom. The molecule has 0 aromatic heterocycles. The molecule has 1 heterocycles. The summed E-state index contributed by atoms with van der Waals surface area (Å²) in [6.45, 7) is 8.27. The van der Waals surface area contributed by atoms with E-state index in [4.69, 9.17) is 15.2 Å². The zero-order valence-corrected chi connectivity index (χ0v) is 17.0. The summed E-state index contributed by atoms with van der Waals surface area (Å²) in [5.41, 5.74) is 9.70. The van der Waals surface area contributed by atoms with Crippen LogP contribution in [0.4, 0.5) is 0 Å². The van der Waals surface area contributed by atoms with Crippen LogP contribution in [-0.4, -0.2) is 30.6 Å². The Balaban J connectivity index is 1.76. The van der Waals surface area contributed by atoms with E-state index in [-0.39, 0.29) is 17.9 Å². The van der Waals surface area contributed by atoms with Crippen LogP contribution in [-0.2, 0) is 17.8 Å². The molecular weight excluding hydrogens is 352 g/mol. The number of hydrogen-bond acceptors (Lipinski definition) is 4. The second-order valence-corrected chi connectivity index (χ2v) is 7.17. The van der Waals surface area contributed by atoms with E-state index in [1.807, 2.05) is 62.1 Å². The van der Waals surface area contributed by atoms with E-state index in [0.29, 0.717) is 26.3 Å². The van der Waals surface area contributed by atoms with Crippen LogP contribution >= 0.6 is 0 Å². The molecule has 1 aliphatic rings. The second kappa shape index (κ2) is 9.11. The predicted octanol–water partition coefficient (Wildman–Crippen LogP) is 3.70. The van der Waals surface area contributed by atoms with Gasteiger partial charge in [-0.1, -0.05) is 37.3 Å². The van der Waals surface area contributed by atoms with Crippen molar-refractivity contribution >= 4 is 5.91 Å². The Kier molecular flexibility index (Phi) is 6.57. The molecule has 5 heteroatoms. The van der Waals surface area contributed by atoms with E-state index in [2.05, 4.69) is 6.07 Å². The third-order valence-corrected chi connectivity index (χ3v) is 5.30. The molecule has 2 aromatic rings. The maximum atomic E-state index is 13.1. The minimum atomic E-state index is -0.311. The Morgan fingerprint density at radius 2 is 1.68 bits per heavy atom. The zero-order chi connectivity index (χ0) is 20.1. The van der Waals surface area contributed by atoms with Gasteiger partial charge in [0.1, 0.15) is 0 Å². The van der Waals surface area contributed by atoms with Gasteiger partial charge >= 0.3 is 0 Å². The summed E-state index contributed by atoms with van der Waals surface area (Å²) in [6.07, 6.45) is 0.806. The van der Waals surface area contributed by atoms with Gasteiger partial charge in [0, 0.05) is 19.1 Å². The maximum Gasteiger partial charge on any atom is 0.227 e. The Bertz CT molecular complexity index is 807. The van der Waals surface area contributed by atoms with Gasteiger partial charge in [0.25, 0.3) is 0 Å². The summed E-state index contributed by atoms with van der Waals surface area (Å²) in [6, 6.07) is 13.6. The summed E-state index contributed by atoms with van der Waals surface area (Å²) in [7, 11) is 0. The number of nitrogens with zero attached hydrogens (tertiary/aromatic N) is 1. The van der Waals surface area contributed by atoms with Gasteiger partial charge in [-0.15, -0.1) is 0 Å². The maximum absolute atomic E-state index is 13.1. The standard InChI is InChI=1S/C23H30N2O3/c1-4-27-20-13-18-11-12-25(15-19(18)14-21(20)28-5-2)23(26)16(3)22(24)17-9-7-6-8-10-17/h6-10,13-14,16,22H,4-5,11-12,15,24H2,1-3H3. The third-order valence-electron chi connectivity index (χ3n) is 5.30. The topological polar surface area (TPSA) is 64.8 Å². The second-order valence-electron chi connectivity index (χ2n) is 7.17. The van der Waals surface area contributed by atoms with Crippen molar-refractivity contribution in [1.29, 1.82) is 0 Å². The molecule has 2 unspecified atom stereocenters. The molecule has 1 aliphatic heterocycles. The fraction of sp³-hybridized carbons (Fsp3) is 0.435. The van der Waals surface area contributed by atoms with Gasteiger partial charge in [0.2, 0.25) is 5.91 Å². The van der Waals surface area contributed by atoms with Gasteiger partial charge in [0.05, 0.1) is 19.1 Å². The van der Waals surface area contributed by atoms with Crippen LogP contribution in [0.25, 0.3) is 0 Å². The van der Waals surface area contributed by atoms with Crippen molar-refractivity contribution in [2.45, 2.75) is 39.8 Å². The predicted molar refractivity (Wildman–Crippen MR) is 110 cm³/mol. The smallest absolute Gasteiger partial charge is 0.227 e. The average Bonchev–Trinajstić information content (AvgIpc) is 2.73. The molecule has 2 aromatic carbocycles. The monoisotopic (exact) mass is 382 g/mol. The lowest BCUT2D eigenvalue weighted by Gasteiger charge is -2.33. The van der Waals surface area contributed by atoms with Crippen molar-refractivity contribution in [3.63, 3.8) is 0 Å². The SMILES string of the molecule is CCOc1cc2c(cc1OCC)CN(C(=O)C(C)C(N)c1ccccc1)CC2. The summed E-state index contributed by atoms with van der Waals surface area (Å²) < 4.78 is 11.5. The number of benzene rings is 2. The van der Waals surface area contributed by atoms with Crippen LogP contribution in [0.15, 0.2) is 42.5 Å². The van der Waals surface area contributed by atoms with E-state index in [0.717, 1.165) is 29.0 Å². The first-order valence-corrected chi connectivity index (χ1v) is 10.1. The fourth-order valence-electron chi connectivity index (χ4n) is 3.69. The number of amides is 1. The van der Waals surface area contributed by atoms with Crippen molar-refractivity contribution in [3.05, 3.63) is 59.2 Å². The largest absolute Gasteiger partial charge is 0.490 e. The lowest BCUT2D eigenvalue weighted by Crippen LogP contribution is -2.42. The lowest BCUT2D eigenvalue weighted by atomic mass is 9.92. The molecule has 2 atom stereocenters. The van der Waals surface area contributed by atoms with Gasteiger partial charge in [-0.25, -0.2) is 0 Å². The van der Waals surface area contributed by atoms with E-state index >= 15 is 0 Å². The zero-order valence-electron chi connectivity index (χ0n) is 17.0. The van der Waals surface area contributed by atoms with Crippen molar-refractivity contribution in [1.82, 2.24) is 4.90 Å². The molecule has 0 spiro atoms. The number of nitrogens with two attached hydrogens (primary N) is 1. The first-order chi connectivity index (χ1) is 13.5. The number of hydrogen-bond donors (Lipinski definition) is 1. The van der Waals surface area contributed by atoms with Crippen LogP contribution in [0.2, 0.25) is 0 Å². The Morgan fingerprint density at radius 3 is 2.29 bits per heavy atom. The molecule has 1 amide bonds. The van der Waals surface area contributed by atoms with E-state index < -0.39 is 0 Å². The number of carbonyl (C=O) groups is 1. The molecule has 0 radical (unpaired) electrons. The van der Waals surface area contributed by atoms with Crippen LogP contribution in [0.5, 0.6) is 11.5 Å². The normalized spacial score (nSPS) is 15.5. The highest BCUT2D eigenvalue weighted by Gasteiger charge is 2.29. The van der Waals surface area contributed by atoms with Crippen LogP contribution in [0.3, 0.4) is 0 Å². The van der Waals surface area contributed by atoms with Gasteiger partial charge in [-0.05, 0) is 49.1 Å². The van der Waals surface area contributed by atoms with Crippen molar-refractivity contribution in [2.24, 2.45) is 11.7 Å². The van der Waals surface area contributed by atoms with Crippen molar-refractivity contribution in [2.75, 3.05) is 19.8 Å². The summed E-state index contributed by atoms with van der Waals surface area (Å²) in [5, 5.41) is 0. The van der Waals surface area contributed by atoms with E-state index in [1.165, 1.54) is 5.56 Å². The fourth-order valence-corrected chi connectivity index (χ4v) is 3.69. The molecule has 0 aliphatic carbocycles. The lowest BCUT2D eigenvalue weighted by molar-refractivity contribution is -0.136. The Labute approximate surface area is 167 Å². The number of fused-ring (bicyclic) bond motifs is 1. The third kappa shape index (κ3) is 4.30. The molecular formula is C23H30N2O3. The van der Waals surface area contributed by atoms with Crippen LogP contribution in [0, 0.1) is 5.92 Å². The minimum absolute atomic E-state index is 0.0915. The average molecular weight is 383 g/mol.